The van der Waals surface area contributed by atoms with E-state index in [1.54, 1.807) is 9.58 Å². The van der Waals surface area contributed by atoms with Gasteiger partial charge in [-0.15, -0.1) is 5.10 Å². The van der Waals surface area contributed by atoms with E-state index in [4.69, 9.17) is 4.52 Å². The van der Waals surface area contributed by atoms with E-state index in [-0.39, 0.29) is 18.2 Å². The lowest BCUT2D eigenvalue weighted by Crippen LogP contribution is -2.31. The van der Waals surface area contributed by atoms with Crippen molar-refractivity contribution in [1.29, 1.82) is 0 Å². The first-order valence-corrected chi connectivity index (χ1v) is 9.22. The van der Waals surface area contributed by atoms with Gasteiger partial charge in [-0.2, -0.15) is 4.68 Å². The fourth-order valence-corrected chi connectivity index (χ4v) is 3.54. The molecule has 0 unspecified atom stereocenters. The number of carbonyl (C=O) groups is 1. The molecule has 3 heterocycles. The third-order valence-corrected chi connectivity index (χ3v) is 5.06. The van der Waals surface area contributed by atoms with Crippen molar-refractivity contribution in [1.82, 2.24) is 30.3 Å². The molecule has 0 radical (unpaired) electrons. The molecule has 1 fully saturated rings. The summed E-state index contributed by atoms with van der Waals surface area (Å²) in [5.74, 6) is 1.40. The van der Waals surface area contributed by atoms with E-state index in [0.717, 1.165) is 22.7 Å². The van der Waals surface area contributed by atoms with Gasteiger partial charge in [-0.3, -0.25) is 4.79 Å². The van der Waals surface area contributed by atoms with Crippen LogP contribution < -0.4 is 0 Å². The summed E-state index contributed by atoms with van der Waals surface area (Å²) in [5.41, 5.74) is 2.57. The van der Waals surface area contributed by atoms with Crippen molar-refractivity contribution in [2.45, 2.75) is 32.8 Å². The number of tetrazole rings is 1. The Labute approximate surface area is 161 Å². The summed E-state index contributed by atoms with van der Waals surface area (Å²) < 4.78 is 6.87. The number of hydrogen-bond acceptors (Lipinski definition) is 7. The fourth-order valence-electron chi connectivity index (χ4n) is 3.54. The summed E-state index contributed by atoms with van der Waals surface area (Å²) in [7, 11) is 0. The highest BCUT2D eigenvalue weighted by Crippen LogP contribution is 2.23. The molecular weight excluding hydrogens is 360 g/mol. The molecule has 9 nitrogen and oxygen atoms in total. The summed E-state index contributed by atoms with van der Waals surface area (Å²) in [5, 5.41) is 25.6. The van der Waals surface area contributed by atoms with Gasteiger partial charge in [0.1, 0.15) is 5.76 Å². The molecule has 1 aliphatic heterocycles. The molecule has 9 heteroatoms. The number of aryl methyl sites for hydroxylation is 2. The van der Waals surface area contributed by atoms with Gasteiger partial charge >= 0.3 is 0 Å². The average Bonchev–Trinajstić information content (AvgIpc) is 3.37. The van der Waals surface area contributed by atoms with E-state index in [1.165, 1.54) is 0 Å². The molecule has 1 aromatic carbocycles. The van der Waals surface area contributed by atoms with E-state index >= 15 is 0 Å². The van der Waals surface area contributed by atoms with Gasteiger partial charge < -0.3 is 14.5 Å². The monoisotopic (exact) mass is 382 g/mol. The number of aliphatic hydroxyl groups excluding tert-OH is 1. The van der Waals surface area contributed by atoms with Crippen molar-refractivity contribution in [2.75, 3.05) is 13.1 Å². The normalized spacial score (nSPS) is 19.3. The second-order valence-electron chi connectivity index (χ2n) is 7.25. The predicted octanol–water partition coefficient (Wildman–Crippen LogP) is 0.872. The van der Waals surface area contributed by atoms with E-state index in [2.05, 4.69) is 20.7 Å². The summed E-state index contributed by atoms with van der Waals surface area (Å²) in [4.78, 5) is 14.4. The van der Waals surface area contributed by atoms with Gasteiger partial charge in [-0.1, -0.05) is 17.3 Å². The van der Waals surface area contributed by atoms with Gasteiger partial charge in [0.25, 0.3) is 0 Å². The minimum atomic E-state index is -0.556. The largest absolute Gasteiger partial charge is 0.391 e. The molecule has 2 atom stereocenters. The van der Waals surface area contributed by atoms with Crippen molar-refractivity contribution < 1.29 is 14.4 Å². The summed E-state index contributed by atoms with van der Waals surface area (Å²) >= 11 is 0. The minimum absolute atomic E-state index is 0.00153. The first-order valence-electron chi connectivity index (χ1n) is 9.22. The lowest BCUT2D eigenvalue weighted by atomic mass is 10.0. The summed E-state index contributed by atoms with van der Waals surface area (Å²) in [6.07, 6.45) is 0.307. The lowest BCUT2D eigenvalue weighted by molar-refractivity contribution is -0.129. The first-order chi connectivity index (χ1) is 13.5. The number of hydrogen-bond donors (Lipinski definition) is 1. The summed E-state index contributed by atoms with van der Waals surface area (Å²) in [6, 6.07) is 9.44. The Kier molecular flexibility index (Phi) is 4.91. The zero-order valence-corrected chi connectivity index (χ0v) is 15.8. The van der Waals surface area contributed by atoms with E-state index in [9.17, 15) is 9.90 Å². The molecule has 0 spiro atoms. The first kappa shape index (κ1) is 18.3. The molecule has 0 aliphatic carbocycles. The molecule has 146 valence electrons. The van der Waals surface area contributed by atoms with Crippen LogP contribution in [0.25, 0.3) is 5.69 Å². The lowest BCUT2D eigenvalue weighted by Gasteiger charge is -2.16. The maximum Gasteiger partial charge on any atom is 0.227 e. The van der Waals surface area contributed by atoms with Crippen LogP contribution in [0.1, 0.15) is 22.8 Å². The molecule has 0 saturated carbocycles. The Morgan fingerprint density at radius 3 is 2.68 bits per heavy atom. The van der Waals surface area contributed by atoms with Crippen molar-refractivity contribution in [3.05, 3.63) is 53.2 Å². The number of amides is 1. The Morgan fingerprint density at radius 2 is 2.04 bits per heavy atom. The van der Waals surface area contributed by atoms with Gasteiger partial charge in [-0.05, 0) is 42.0 Å². The number of β-amino-alcohol motifs (C(OH)–C–C–N with tert-alkyl or cyclic N) is 1. The highest BCUT2D eigenvalue weighted by Gasteiger charge is 2.34. The fraction of sp³-hybridized carbons (Fsp3) is 0.421. The van der Waals surface area contributed by atoms with Crippen LogP contribution in [0.4, 0.5) is 0 Å². The standard InChI is InChI=1S/C19H22N6O3/c1-12-7-17(28-21-12)9-15-10-24(11-18(15)26)19(27)8-14-3-5-16(6-4-14)25-13(2)20-22-23-25/h3-7,15,18,26H,8-11H2,1-2H3/t15-,18-/m1/s1. The zero-order valence-electron chi connectivity index (χ0n) is 15.8. The predicted molar refractivity (Wildman–Crippen MR) is 98.6 cm³/mol. The Balaban J connectivity index is 1.36. The maximum absolute atomic E-state index is 12.7. The molecule has 1 saturated heterocycles. The molecule has 28 heavy (non-hydrogen) atoms. The molecule has 2 aromatic heterocycles. The van der Waals surface area contributed by atoms with E-state index in [1.807, 2.05) is 44.2 Å². The average molecular weight is 382 g/mol. The van der Waals surface area contributed by atoms with Crippen LogP contribution in [-0.2, 0) is 17.6 Å². The van der Waals surface area contributed by atoms with Crippen LogP contribution in [0.5, 0.6) is 0 Å². The third kappa shape index (κ3) is 3.79. The quantitative estimate of drug-likeness (QED) is 0.697. The van der Waals surface area contributed by atoms with Crippen LogP contribution in [0, 0.1) is 19.8 Å². The van der Waals surface area contributed by atoms with Crippen LogP contribution in [0.3, 0.4) is 0 Å². The van der Waals surface area contributed by atoms with Gasteiger partial charge in [0.2, 0.25) is 5.91 Å². The van der Waals surface area contributed by atoms with Crippen LogP contribution in [0.2, 0.25) is 0 Å². The van der Waals surface area contributed by atoms with Crippen LogP contribution in [0.15, 0.2) is 34.9 Å². The van der Waals surface area contributed by atoms with Gasteiger partial charge in [0.05, 0.1) is 23.9 Å². The SMILES string of the molecule is Cc1cc(C[C@@H]2CN(C(=O)Cc3ccc(-n4nnnc4C)cc3)C[C@H]2O)on1. The Hall–Kier alpha value is -3.07. The number of carbonyl (C=O) groups excluding carboxylic acids is 1. The topological polar surface area (TPSA) is 110 Å². The maximum atomic E-state index is 12.7. The molecule has 3 aromatic rings. The van der Waals surface area contributed by atoms with Gasteiger partial charge in [-0.25, -0.2) is 0 Å². The number of aromatic nitrogens is 5. The second-order valence-corrected chi connectivity index (χ2v) is 7.25. The number of aliphatic hydroxyl groups is 1. The molecular formula is C19H22N6O3. The van der Waals surface area contributed by atoms with E-state index < -0.39 is 6.10 Å². The van der Waals surface area contributed by atoms with Gasteiger partial charge in [0.15, 0.2) is 5.82 Å². The Morgan fingerprint density at radius 1 is 1.25 bits per heavy atom. The molecule has 1 N–H and O–H groups in total. The number of rotatable bonds is 5. The Bertz CT molecular complexity index is 964. The number of likely N-dealkylation sites (tertiary alicyclic amines) is 1. The van der Waals surface area contributed by atoms with Crippen molar-refractivity contribution in [2.24, 2.45) is 5.92 Å². The second kappa shape index (κ2) is 7.51. The summed E-state index contributed by atoms with van der Waals surface area (Å²) in [6.45, 7) is 4.55. The zero-order chi connectivity index (χ0) is 19.7. The minimum Gasteiger partial charge on any atom is -0.391 e. The molecule has 0 bridgehead atoms. The highest BCUT2D eigenvalue weighted by atomic mass is 16.5. The molecule has 1 aliphatic rings. The molecule has 4 rings (SSSR count). The van der Waals surface area contributed by atoms with Crippen molar-refractivity contribution in [3.63, 3.8) is 0 Å². The number of benzene rings is 1. The van der Waals surface area contributed by atoms with Crippen LogP contribution in [-0.4, -0.2) is 60.5 Å². The van der Waals surface area contributed by atoms with Gasteiger partial charge in [0, 0.05) is 31.5 Å². The van der Waals surface area contributed by atoms with E-state index in [0.29, 0.717) is 25.3 Å². The van der Waals surface area contributed by atoms with Crippen molar-refractivity contribution in [3.8, 4) is 5.69 Å². The smallest absolute Gasteiger partial charge is 0.227 e. The third-order valence-electron chi connectivity index (χ3n) is 5.06. The van der Waals surface area contributed by atoms with Crippen molar-refractivity contribution >= 4 is 5.91 Å². The van der Waals surface area contributed by atoms with Crippen LogP contribution >= 0.6 is 0 Å². The number of nitrogens with zero attached hydrogens (tertiary/aromatic N) is 6. The highest BCUT2D eigenvalue weighted by molar-refractivity contribution is 5.79. The molecule has 1 amide bonds.